The number of hydrogen-bond donors (Lipinski definition) is 0. The van der Waals surface area contributed by atoms with E-state index in [-0.39, 0.29) is 5.97 Å². The molecule has 1 rings (SSSR count). The quantitative estimate of drug-likeness (QED) is 0.549. The fourth-order valence-corrected chi connectivity index (χ4v) is 2.58. The Labute approximate surface area is 105 Å². The molecule has 0 spiro atoms. The van der Waals surface area contributed by atoms with Crippen LogP contribution < -0.4 is 0 Å². The van der Waals surface area contributed by atoms with Gasteiger partial charge in [-0.15, -0.1) is 0 Å². The summed E-state index contributed by atoms with van der Waals surface area (Å²) >= 11 is 0. The molecule has 0 saturated heterocycles. The minimum atomic E-state index is -0.203. The standard InChI is InChI=1S/C15H26O2/c1-5-17-14(16)11-8-12-6-9-13(10-7-12)15(2,3)4/h8,11-13H,5-7,9-10H2,1-4H3. The molecule has 0 aromatic rings. The first kappa shape index (κ1) is 14.3. The van der Waals surface area contributed by atoms with Crippen molar-refractivity contribution in [3.05, 3.63) is 12.2 Å². The maximum absolute atomic E-state index is 11.2. The van der Waals surface area contributed by atoms with Crippen molar-refractivity contribution in [2.75, 3.05) is 6.61 Å². The molecular weight excluding hydrogens is 212 g/mol. The van der Waals surface area contributed by atoms with Crippen LogP contribution in [0.15, 0.2) is 12.2 Å². The van der Waals surface area contributed by atoms with Gasteiger partial charge in [0.1, 0.15) is 0 Å². The van der Waals surface area contributed by atoms with Crippen molar-refractivity contribution >= 4 is 5.97 Å². The van der Waals surface area contributed by atoms with E-state index in [4.69, 9.17) is 4.74 Å². The van der Waals surface area contributed by atoms with Gasteiger partial charge in [-0.1, -0.05) is 26.8 Å². The average Bonchev–Trinajstić information content (AvgIpc) is 2.26. The minimum Gasteiger partial charge on any atom is -0.463 e. The van der Waals surface area contributed by atoms with Crippen molar-refractivity contribution in [3.8, 4) is 0 Å². The second-order valence-electron chi connectivity index (χ2n) is 6.09. The minimum absolute atomic E-state index is 0.203. The van der Waals surface area contributed by atoms with Crippen LogP contribution in [-0.2, 0) is 9.53 Å². The van der Waals surface area contributed by atoms with Gasteiger partial charge < -0.3 is 4.74 Å². The molecule has 1 aliphatic carbocycles. The number of esters is 1. The summed E-state index contributed by atoms with van der Waals surface area (Å²) in [6.45, 7) is 9.27. The Morgan fingerprint density at radius 3 is 2.29 bits per heavy atom. The van der Waals surface area contributed by atoms with E-state index in [1.807, 2.05) is 13.0 Å². The summed E-state index contributed by atoms with van der Waals surface area (Å²) in [5, 5.41) is 0. The first-order valence-corrected chi connectivity index (χ1v) is 6.78. The van der Waals surface area contributed by atoms with Crippen LogP contribution in [0.4, 0.5) is 0 Å². The van der Waals surface area contributed by atoms with Gasteiger partial charge in [-0.05, 0) is 49.9 Å². The molecule has 1 fully saturated rings. The molecule has 1 aliphatic rings. The normalized spacial score (nSPS) is 26.1. The summed E-state index contributed by atoms with van der Waals surface area (Å²) in [7, 11) is 0. The number of hydrogen-bond acceptors (Lipinski definition) is 2. The lowest BCUT2D eigenvalue weighted by Gasteiger charge is -2.36. The molecule has 17 heavy (non-hydrogen) atoms. The Morgan fingerprint density at radius 1 is 1.24 bits per heavy atom. The first-order valence-electron chi connectivity index (χ1n) is 6.78. The largest absolute Gasteiger partial charge is 0.463 e. The smallest absolute Gasteiger partial charge is 0.330 e. The molecule has 2 nitrogen and oxygen atoms in total. The zero-order chi connectivity index (χ0) is 12.9. The van der Waals surface area contributed by atoms with Gasteiger partial charge in [0.25, 0.3) is 0 Å². The molecule has 0 unspecified atom stereocenters. The highest BCUT2D eigenvalue weighted by atomic mass is 16.5. The Balaban J connectivity index is 2.35. The molecule has 0 bridgehead atoms. The highest BCUT2D eigenvalue weighted by Crippen LogP contribution is 2.40. The summed E-state index contributed by atoms with van der Waals surface area (Å²) in [6, 6.07) is 0. The molecule has 0 radical (unpaired) electrons. The van der Waals surface area contributed by atoms with Gasteiger partial charge in [-0.2, -0.15) is 0 Å². The molecule has 0 heterocycles. The van der Waals surface area contributed by atoms with Crippen molar-refractivity contribution < 1.29 is 9.53 Å². The summed E-state index contributed by atoms with van der Waals surface area (Å²) in [5.74, 6) is 1.19. The maximum Gasteiger partial charge on any atom is 0.330 e. The highest BCUT2D eigenvalue weighted by Gasteiger charge is 2.28. The molecule has 0 aromatic carbocycles. The van der Waals surface area contributed by atoms with Crippen LogP contribution in [0.25, 0.3) is 0 Å². The molecule has 0 atom stereocenters. The van der Waals surface area contributed by atoms with Crippen molar-refractivity contribution in [1.29, 1.82) is 0 Å². The molecule has 0 aliphatic heterocycles. The Kier molecular flexibility index (Phi) is 5.23. The van der Waals surface area contributed by atoms with Crippen molar-refractivity contribution in [3.63, 3.8) is 0 Å². The zero-order valence-corrected chi connectivity index (χ0v) is 11.7. The lowest BCUT2D eigenvalue weighted by atomic mass is 9.70. The van der Waals surface area contributed by atoms with Crippen LogP contribution in [0.1, 0.15) is 53.4 Å². The van der Waals surface area contributed by atoms with Gasteiger partial charge in [0.2, 0.25) is 0 Å². The summed E-state index contributed by atoms with van der Waals surface area (Å²) in [4.78, 5) is 11.2. The van der Waals surface area contributed by atoms with E-state index in [9.17, 15) is 4.79 Å². The summed E-state index contributed by atoms with van der Waals surface area (Å²) in [5.41, 5.74) is 0.426. The fourth-order valence-electron chi connectivity index (χ4n) is 2.58. The number of allylic oxidation sites excluding steroid dienone is 1. The van der Waals surface area contributed by atoms with Crippen LogP contribution in [-0.4, -0.2) is 12.6 Å². The summed E-state index contributed by atoms with van der Waals surface area (Å²) < 4.78 is 4.88. The third kappa shape index (κ3) is 4.93. The molecule has 98 valence electrons. The third-order valence-electron chi connectivity index (χ3n) is 3.79. The Bertz CT molecular complexity index is 265. The number of carbonyl (C=O) groups is 1. The van der Waals surface area contributed by atoms with Crippen molar-refractivity contribution in [1.82, 2.24) is 0 Å². The fraction of sp³-hybridized carbons (Fsp3) is 0.800. The van der Waals surface area contributed by atoms with Crippen LogP contribution in [0, 0.1) is 17.3 Å². The van der Waals surface area contributed by atoms with Gasteiger partial charge in [-0.3, -0.25) is 0 Å². The van der Waals surface area contributed by atoms with Crippen molar-refractivity contribution in [2.45, 2.75) is 53.4 Å². The van der Waals surface area contributed by atoms with Crippen LogP contribution >= 0.6 is 0 Å². The van der Waals surface area contributed by atoms with Gasteiger partial charge >= 0.3 is 5.97 Å². The lowest BCUT2D eigenvalue weighted by Crippen LogP contribution is -2.25. The van der Waals surface area contributed by atoms with Crippen LogP contribution in [0.5, 0.6) is 0 Å². The van der Waals surface area contributed by atoms with E-state index >= 15 is 0 Å². The average molecular weight is 238 g/mol. The number of carbonyl (C=O) groups excluding carboxylic acids is 1. The molecule has 0 aromatic heterocycles. The molecule has 0 amide bonds. The Hall–Kier alpha value is -0.790. The predicted molar refractivity (Wildman–Crippen MR) is 70.7 cm³/mol. The summed E-state index contributed by atoms with van der Waals surface area (Å²) in [6.07, 6.45) is 8.61. The molecule has 2 heteroatoms. The predicted octanol–water partition coefficient (Wildman–Crippen LogP) is 3.96. The zero-order valence-electron chi connectivity index (χ0n) is 11.7. The van der Waals surface area contributed by atoms with Gasteiger partial charge in [-0.25, -0.2) is 4.79 Å². The van der Waals surface area contributed by atoms with Gasteiger partial charge in [0, 0.05) is 6.08 Å². The van der Waals surface area contributed by atoms with E-state index < -0.39 is 0 Å². The lowest BCUT2D eigenvalue weighted by molar-refractivity contribution is -0.137. The topological polar surface area (TPSA) is 26.3 Å². The third-order valence-corrected chi connectivity index (χ3v) is 3.79. The van der Waals surface area contributed by atoms with Crippen molar-refractivity contribution in [2.24, 2.45) is 17.3 Å². The number of ether oxygens (including phenoxy) is 1. The van der Waals surface area contributed by atoms with Crippen LogP contribution in [0.3, 0.4) is 0 Å². The van der Waals surface area contributed by atoms with E-state index in [2.05, 4.69) is 20.8 Å². The van der Waals surface area contributed by atoms with Crippen LogP contribution in [0.2, 0.25) is 0 Å². The highest BCUT2D eigenvalue weighted by molar-refractivity contribution is 5.81. The van der Waals surface area contributed by atoms with E-state index in [0.717, 1.165) is 5.92 Å². The second kappa shape index (κ2) is 6.23. The van der Waals surface area contributed by atoms with E-state index in [1.54, 1.807) is 6.08 Å². The van der Waals surface area contributed by atoms with Gasteiger partial charge in [0.15, 0.2) is 0 Å². The Morgan fingerprint density at radius 2 is 1.82 bits per heavy atom. The van der Waals surface area contributed by atoms with E-state index in [1.165, 1.54) is 25.7 Å². The first-order chi connectivity index (χ1) is 7.93. The van der Waals surface area contributed by atoms with E-state index in [0.29, 0.717) is 17.9 Å². The number of rotatable bonds is 3. The molecular formula is C15H26O2. The maximum atomic E-state index is 11.2. The SMILES string of the molecule is CCOC(=O)C=CC1CCC(C(C)(C)C)CC1. The second-order valence-corrected chi connectivity index (χ2v) is 6.09. The van der Waals surface area contributed by atoms with Gasteiger partial charge in [0.05, 0.1) is 6.61 Å². The molecule has 1 saturated carbocycles. The molecule has 0 N–H and O–H groups in total. The monoisotopic (exact) mass is 238 g/mol.